The molecule has 22 heavy (non-hydrogen) atoms. The van der Waals surface area contributed by atoms with Gasteiger partial charge in [-0.15, -0.1) is 0 Å². The van der Waals surface area contributed by atoms with Crippen molar-refractivity contribution in [1.29, 1.82) is 0 Å². The third kappa shape index (κ3) is 3.66. The van der Waals surface area contributed by atoms with Gasteiger partial charge in [0.25, 0.3) is 0 Å². The number of carbonyl (C=O) groups excluding carboxylic acids is 1. The number of nitrogens with one attached hydrogen (secondary N) is 1. The number of piperidine rings is 1. The summed E-state index contributed by atoms with van der Waals surface area (Å²) in [5.41, 5.74) is 2.59. The second-order valence-electron chi connectivity index (χ2n) is 6.06. The van der Waals surface area contributed by atoms with Crippen LogP contribution < -0.4 is 9.62 Å². The molecule has 1 N–H and O–H groups in total. The van der Waals surface area contributed by atoms with Crippen LogP contribution in [0.1, 0.15) is 51.5 Å². The summed E-state index contributed by atoms with van der Waals surface area (Å²) >= 11 is 1.68. The highest BCUT2D eigenvalue weighted by Crippen LogP contribution is 2.33. The largest absolute Gasteiger partial charge is 0.312 e. The molecule has 0 unspecified atom stereocenters. The number of benzene rings is 1. The predicted octanol–water partition coefficient (Wildman–Crippen LogP) is 4.13. The van der Waals surface area contributed by atoms with E-state index in [0.717, 1.165) is 44.5 Å². The lowest BCUT2D eigenvalue weighted by Gasteiger charge is -2.33. The molecule has 0 bridgehead atoms. The van der Waals surface area contributed by atoms with Crippen LogP contribution in [0.5, 0.6) is 0 Å². The monoisotopic (exact) mass is 320 g/mol. The van der Waals surface area contributed by atoms with Crippen molar-refractivity contribution >= 4 is 23.5 Å². The maximum absolute atomic E-state index is 12.0. The van der Waals surface area contributed by atoms with Crippen molar-refractivity contribution in [2.75, 3.05) is 24.2 Å². The van der Waals surface area contributed by atoms with Crippen molar-refractivity contribution in [2.45, 2.75) is 51.4 Å². The number of hydrogen-bond donors (Lipinski definition) is 1. The average molecular weight is 321 g/mol. The number of amides is 1. The molecular formula is C18H28N2OS. The maximum atomic E-state index is 12.0. The van der Waals surface area contributed by atoms with Gasteiger partial charge in [-0.3, -0.25) is 9.52 Å². The van der Waals surface area contributed by atoms with Gasteiger partial charge in [0.15, 0.2) is 0 Å². The Morgan fingerprint density at radius 3 is 2.41 bits per heavy atom. The number of rotatable bonds is 7. The second kappa shape index (κ2) is 8.02. The summed E-state index contributed by atoms with van der Waals surface area (Å²) in [6.45, 7) is 6.35. The van der Waals surface area contributed by atoms with Crippen LogP contribution >= 0.6 is 11.9 Å². The molecule has 1 aliphatic rings. The Hall–Kier alpha value is -1.00. The highest BCUT2D eigenvalue weighted by molar-refractivity contribution is 7.96. The van der Waals surface area contributed by atoms with Crippen molar-refractivity contribution in [3.63, 3.8) is 0 Å². The first kappa shape index (κ1) is 17.4. The third-order valence-corrected chi connectivity index (χ3v) is 5.46. The Bertz CT molecular complexity index is 482. The van der Waals surface area contributed by atoms with Gasteiger partial charge in [0.2, 0.25) is 5.91 Å². The van der Waals surface area contributed by atoms with Crippen LogP contribution in [0.3, 0.4) is 0 Å². The van der Waals surface area contributed by atoms with Gasteiger partial charge in [0, 0.05) is 30.6 Å². The molecule has 1 amide bonds. The summed E-state index contributed by atoms with van der Waals surface area (Å²) in [6.07, 6.45) is 7.12. The Morgan fingerprint density at radius 2 is 1.86 bits per heavy atom. The van der Waals surface area contributed by atoms with Crippen LogP contribution in [-0.4, -0.2) is 25.3 Å². The minimum absolute atomic E-state index is 0.174. The standard InChI is InChI=1S/C18H28N2OS/c1-4-18(5-2,14-19-22-3)15-9-11-16(12-10-15)20-13-7-6-8-17(20)21/h9-12,19H,4-8,13-14H2,1-3H3. The third-order valence-electron chi connectivity index (χ3n) is 5.02. The van der Waals surface area contributed by atoms with Crippen LogP contribution in [0, 0.1) is 0 Å². The maximum Gasteiger partial charge on any atom is 0.226 e. The number of nitrogens with zero attached hydrogens (tertiary/aromatic N) is 1. The molecule has 1 heterocycles. The summed E-state index contributed by atoms with van der Waals surface area (Å²) in [7, 11) is 0. The topological polar surface area (TPSA) is 32.3 Å². The Balaban J connectivity index is 2.20. The minimum atomic E-state index is 0.174. The van der Waals surface area contributed by atoms with E-state index < -0.39 is 0 Å². The summed E-state index contributed by atoms with van der Waals surface area (Å²) < 4.78 is 3.43. The van der Waals surface area contributed by atoms with E-state index in [1.165, 1.54) is 5.56 Å². The molecule has 0 aromatic heterocycles. The van der Waals surface area contributed by atoms with Crippen molar-refractivity contribution in [3.8, 4) is 0 Å². The zero-order valence-electron chi connectivity index (χ0n) is 14.0. The van der Waals surface area contributed by atoms with Crippen LogP contribution in [0.2, 0.25) is 0 Å². The molecule has 0 saturated carbocycles. The smallest absolute Gasteiger partial charge is 0.226 e. The molecular weight excluding hydrogens is 292 g/mol. The summed E-state index contributed by atoms with van der Waals surface area (Å²) in [4.78, 5) is 14.0. The Kier molecular flexibility index (Phi) is 6.33. The quantitative estimate of drug-likeness (QED) is 0.767. The molecule has 2 rings (SSSR count). The van der Waals surface area contributed by atoms with Crippen LogP contribution in [0.25, 0.3) is 0 Å². The summed E-state index contributed by atoms with van der Waals surface area (Å²) in [5.74, 6) is 0.264. The van der Waals surface area contributed by atoms with Gasteiger partial charge >= 0.3 is 0 Å². The van der Waals surface area contributed by atoms with Crippen LogP contribution in [0.4, 0.5) is 5.69 Å². The minimum Gasteiger partial charge on any atom is -0.312 e. The fourth-order valence-corrected chi connectivity index (χ4v) is 3.72. The molecule has 1 aromatic carbocycles. The molecule has 0 atom stereocenters. The fraction of sp³-hybridized carbons (Fsp3) is 0.611. The molecule has 4 heteroatoms. The normalized spacial score (nSPS) is 16.1. The SMILES string of the molecule is CCC(CC)(CNSC)c1ccc(N2CCCCC2=O)cc1. The predicted molar refractivity (Wildman–Crippen MR) is 96.4 cm³/mol. The van der Waals surface area contributed by atoms with Gasteiger partial charge in [0.1, 0.15) is 0 Å². The second-order valence-corrected chi connectivity index (χ2v) is 6.76. The Morgan fingerprint density at radius 1 is 1.18 bits per heavy atom. The molecule has 0 aliphatic carbocycles. The molecule has 1 saturated heterocycles. The Labute approximate surface area is 139 Å². The fourth-order valence-electron chi connectivity index (χ4n) is 3.29. The van der Waals surface area contributed by atoms with Gasteiger partial charge in [-0.05, 0) is 49.6 Å². The molecule has 1 aromatic rings. The molecule has 1 fully saturated rings. The lowest BCUT2D eigenvalue weighted by molar-refractivity contribution is -0.119. The molecule has 1 aliphatic heterocycles. The van der Waals surface area contributed by atoms with E-state index in [1.54, 1.807) is 11.9 Å². The van der Waals surface area contributed by atoms with Crippen molar-refractivity contribution < 1.29 is 4.79 Å². The van der Waals surface area contributed by atoms with Crippen LogP contribution in [0.15, 0.2) is 24.3 Å². The van der Waals surface area contributed by atoms with Crippen molar-refractivity contribution in [1.82, 2.24) is 4.72 Å². The van der Waals surface area contributed by atoms with Crippen molar-refractivity contribution in [2.24, 2.45) is 0 Å². The van der Waals surface area contributed by atoms with E-state index in [0.29, 0.717) is 6.42 Å². The number of carbonyl (C=O) groups is 1. The van der Waals surface area contributed by atoms with E-state index >= 15 is 0 Å². The van der Waals surface area contributed by atoms with E-state index in [2.05, 4.69) is 49.1 Å². The summed E-state index contributed by atoms with van der Waals surface area (Å²) in [5, 5.41) is 0. The van der Waals surface area contributed by atoms with Crippen molar-refractivity contribution in [3.05, 3.63) is 29.8 Å². The first-order chi connectivity index (χ1) is 10.7. The van der Waals surface area contributed by atoms with E-state index in [1.807, 2.05) is 4.90 Å². The zero-order chi connectivity index (χ0) is 16.0. The van der Waals surface area contributed by atoms with Gasteiger partial charge in [-0.25, -0.2) is 0 Å². The van der Waals surface area contributed by atoms with E-state index in [-0.39, 0.29) is 11.3 Å². The lowest BCUT2D eigenvalue weighted by Crippen LogP contribution is -2.36. The first-order valence-electron chi connectivity index (χ1n) is 8.33. The van der Waals surface area contributed by atoms with Gasteiger partial charge in [-0.1, -0.05) is 37.9 Å². The summed E-state index contributed by atoms with van der Waals surface area (Å²) in [6, 6.07) is 8.67. The number of anilines is 1. The molecule has 3 nitrogen and oxygen atoms in total. The van der Waals surface area contributed by atoms with E-state index in [4.69, 9.17) is 0 Å². The van der Waals surface area contributed by atoms with Gasteiger partial charge < -0.3 is 4.90 Å². The molecule has 0 spiro atoms. The van der Waals surface area contributed by atoms with Crippen LogP contribution in [-0.2, 0) is 10.2 Å². The number of hydrogen-bond acceptors (Lipinski definition) is 3. The highest BCUT2D eigenvalue weighted by atomic mass is 32.2. The van der Waals surface area contributed by atoms with Gasteiger partial charge in [0.05, 0.1) is 0 Å². The lowest BCUT2D eigenvalue weighted by atomic mass is 9.76. The van der Waals surface area contributed by atoms with Gasteiger partial charge in [-0.2, -0.15) is 0 Å². The molecule has 122 valence electrons. The molecule has 0 radical (unpaired) electrons. The van der Waals surface area contributed by atoms with E-state index in [9.17, 15) is 4.79 Å². The zero-order valence-corrected chi connectivity index (χ0v) is 14.8. The first-order valence-corrected chi connectivity index (χ1v) is 9.56. The highest BCUT2D eigenvalue weighted by Gasteiger charge is 2.28. The average Bonchev–Trinajstić information content (AvgIpc) is 2.57.